The normalized spacial score (nSPS) is 10.2. The lowest BCUT2D eigenvalue weighted by molar-refractivity contribution is 0.415. The molecule has 0 aliphatic rings. The third kappa shape index (κ3) is 2.77. The molecule has 0 aliphatic carbocycles. The minimum absolute atomic E-state index is 0.836. The van der Waals surface area contributed by atoms with Crippen LogP contribution in [-0.4, -0.2) is 12.1 Å². The maximum atomic E-state index is 5.38. The predicted octanol–water partition coefficient (Wildman–Crippen LogP) is 5.07. The van der Waals surface area contributed by atoms with E-state index in [-0.39, 0.29) is 0 Å². The first kappa shape index (κ1) is 14.1. The molecule has 0 radical (unpaired) electrons. The number of benzene rings is 2. The highest BCUT2D eigenvalue weighted by molar-refractivity contribution is 5.83. The van der Waals surface area contributed by atoms with Crippen LogP contribution < -0.4 is 4.74 Å². The quantitative estimate of drug-likeness (QED) is 0.668. The molecule has 0 amide bonds. The van der Waals surface area contributed by atoms with Crippen molar-refractivity contribution in [1.29, 1.82) is 0 Å². The molecule has 0 saturated heterocycles. The van der Waals surface area contributed by atoms with Crippen molar-refractivity contribution in [2.24, 2.45) is 0 Å². The molecule has 22 heavy (non-hydrogen) atoms. The molecule has 0 spiro atoms. The van der Waals surface area contributed by atoms with Crippen molar-refractivity contribution in [2.45, 2.75) is 0 Å². The maximum absolute atomic E-state index is 5.38. The van der Waals surface area contributed by atoms with Gasteiger partial charge in [-0.3, -0.25) is 0 Å². The van der Waals surface area contributed by atoms with E-state index in [0.29, 0.717) is 0 Å². The van der Waals surface area contributed by atoms with Crippen LogP contribution in [0.1, 0.15) is 5.69 Å². The van der Waals surface area contributed by atoms with Gasteiger partial charge in [-0.05, 0) is 47.5 Å². The third-order valence-corrected chi connectivity index (χ3v) is 3.57. The second kappa shape index (κ2) is 6.27. The van der Waals surface area contributed by atoms with Gasteiger partial charge in [0.15, 0.2) is 0 Å². The SMILES string of the molecule is C=Cc1cccc(-c2ccc(OC)cc2-c2ccccc2)n1. The summed E-state index contributed by atoms with van der Waals surface area (Å²) in [7, 11) is 1.68. The first-order chi connectivity index (χ1) is 10.8. The zero-order chi connectivity index (χ0) is 15.4. The molecule has 2 heteroatoms. The lowest BCUT2D eigenvalue weighted by atomic mass is 9.97. The second-order valence-corrected chi connectivity index (χ2v) is 4.93. The predicted molar refractivity (Wildman–Crippen MR) is 91.8 cm³/mol. The highest BCUT2D eigenvalue weighted by atomic mass is 16.5. The Labute approximate surface area is 130 Å². The van der Waals surface area contributed by atoms with E-state index in [2.05, 4.69) is 29.8 Å². The molecule has 0 atom stereocenters. The van der Waals surface area contributed by atoms with Gasteiger partial charge in [0.1, 0.15) is 5.75 Å². The van der Waals surface area contributed by atoms with Crippen LogP contribution in [0, 0.1) is 0 Å². The number of methoxy groups -OCH3 is 1. The van der Waals surface area contributed by atoms with E-state index in [0.717, 1.165) is 33.8 Å². The fourth-order valence-electron chi connectivity index (χ4n) is 2.45. The van der Waals surface area contributed by atoms with E-state index in [1.54, 1.807) is 13.2 Å². The topological polar surface area (TPSA) is 22.1 Å². The molecule has 0 bridgehead atoms. The molecule has 3 aromatic rings. The lowest BCUT2D eigenvalue weighted by Gasteiger charge is -2.12. The van der Waals surface area contributed by atoms with Crippen molar-refractivity contribution in [3.63, 3.8) is 0 Å². The van der Waals surface area contributed by atoms with Gasteiger partial charge < -0.3 is 4.74 Å². The van der Waals surface area contributed by atoms with Gasteiger partial charge in [0, 0.05) is 5.56 Å². The Morgan fingerprint density at radius 3 is 2.45 bits per heavy atom. The van der Waals surface area contributed by atoms with E-state index in [1.807, 2.05) is 48.5 Å². The maximum Gasteiger partial charge on any atom is 0.119 e. The van der Waals surface area contributed by atoms with E-state index < -0.39 is 0 Å². The summed E-state index contributed by atoms with van der Waals surface area (Å²) in [5.41, 5.74) is 5.12. The molecular formula is C20H17NO. The van der Waals surface area contributed by atoms with Crippen LogP contribution in [0.2, 0.25) is 0 Å². The molecule has 108 valence electrons. The van der Waals surface area contributed by atoms with Crippen LogP contribution in [0.3, 0.4) is 0 Å². The Bertz CT molecular complexity index is 794. The molecule has 1 heterocycles. The van der Waals surface area contributed by atoms with Gasteiger partial charge in [0.25, 0.3) is 0 Å². The van der Waals surface area contributed by atoms with E-state index >= 15 is 0 Å². The monoisotopic (exact) mass is 287 g/mol. The number of aromatic nitrogens is 1. The largest absolute Gasteiger partial charge is 0.497 e. The summed E-state index contributed by atoms with van der Waals surface area (Å²) in [6.45, 7) is 3.79. The standard InChI is InChI=1S/C20H17NO/c1-3-16-10-7-11-20(21-16)18-13-12-17(22-2)14-19(18)15-8-5-4-6-9-15/h3-14H,1H2,2H3. The Kier molecular flexibility index (Phi) is 4.01. The summed E-state index contributed by atoms with van der Waals surface area (Å²) in [5, 5.41) is 0. The van der Waals surface area contributed by atoms with Gasteiger partial charge in [0.05, 0.1) is 18.5 Å². The second-order valence-electron chi connectivity index (χ2n) is 4.93. The van der Waals surface area contributed by atoms with E-state index in [9.17, 15) is 0 Å². The van der Waals surface area contributed by atoms with Crippen molar-refractivity contribution in [3.8, 4) is 28.1 Å². The Balaban J connectivity index is 2.20. The van der Waals surface area contributed by atoms with E-state index in [4.69, 9.17) is 4.74 Å². The summed E-state index contributed by atoms with van der Waals surface area (Å²) in [6.07, 6.45) is 1.76. The molecule has 2 nitrogen and oxygen atoms in total. The van der Waals surface area contributed by atoms with Crippen LogP contribution in [0.4, 0.5) is 0 Å². The van der Waals surface area contributed by atoms with Crippen molar-refractivity contribution in [2.75, 3.05) is 7.11 Å². The smallest absolute Gasteiger partial charge is 0.119 e. The third-order valence-electron chi connectivity index (χ3n) is 3.57. The van der Waals surface area contributed by atoms with Gasteiger partial charge in [-0.15, -0.1) is 0 Å². The minimum atomic E-state index is 0.836. The fraction of sp³-hybridized carbons (Fsp3) is 0.0500. The molecule has 0 N–H and O–H groups in total. The molecule has 0 aliphatic heterocycles. The lowest BCUT2D eigenvalue weighted by Crippen LogP contribution is -1.91. The molecule has 0 saturated carbocycles. The highest BCUT2D eigenvalue weighted by Crippen LogP contribution is 2.34. The molecule has 2 aromatic carbocycles. The molecule has 0 fully saturated rings. The first-order valence-electron chi connectivity index (χ1n) is 7.15. The number of ether oxygens (including phenoxy) is 1. The number of pyridine rings is 1. The zero-order valence-corrected chi connectivity index (χ0v) is 12.5. The Hall–Kier alpha value is -2.87. The van der Waals surface area contributed by atoms with Crippen LogP contribution >= 0.6 is 0 Å². The van der Waals surface area contributed by atoms with Crippen LogP contribution in [0.25, 0.3) is 28.5 Å². The Morgan fingerprint density at radius 1 is 0.909 bits per heavy atom. The number of hydrogen-bond donors (Lipinski definition) is 0. The van der Waals surface area contributed by atoms with Crippen molar-refractivity contribution < 1.29 is 4.74 Å². The fourth-order valence-corrected chi connectivity index (χ4v) is 2.45. The van der Waals surface area contributed by atoms with E-state index in [1.165, 1.54) is 0 Å². The molecule has 0 unspecified atom stereocenters. The summed E-state index contributed by atoms with van der Waals surface area (Å²) in [6, 6.07) is 22.3. The summed E-state index contributed by atoms with van der Waals surface area (Å²) >= 11 is 0. The van der Waals surface area contributed by atoms with Gasteiger partial charge in [-0.1, -0.05) is 43.0 Å². The van der Waals surface area contributed by atoms with Gasteiger partial charge >= 0.3 is 0 Å². The first-order valence-corrected chi connectivity index (χ1v) is 7.15. The summed E-state index contributed by atoms with van der Waals surface area (Å²) in [4.78, 5) is 4.64. The average molecular weight is 287 g/mol. The minimum Gasteiger partial charge on any atom is -0.497 e. The van der Waals surface area contributed by atoms with Crippen LogP contribution in [-0.2, 0) is 0 Å². The number of hydrogen-bond acceptors (Lipinski definition) is 2. The van der Waals surface area contributed by atoms with Gasteiger partial charge in [-0.2, -0.15) is 0 Å². The van der Waals surface area contributed by atoms with Crippen LogP contribution in [0.15, 0.2) is 73.3 Å². The summed E-state index contributed by atoms with van der Waals surface area (Å²) in [5.74, 6) is 0.836. The van der Waals surface area contributed by atoms with Crippen molar-refractivity contribution in [1.82, 2.24) is 4.98 Å². The van der Waals surface area contributed by atoms with Crippen molar-refractivity contribution >= 4 is 6.08 Å². The number of nitrogens with zero attached hydrogens (tertiary/aromatic N) is 1. The zero-order valence-electron chi connectivity index (χ0n) is 12.5. The Morgan fingerprint density at radius 2 is 1.73 bits per heavy atom. The number of rotatable bonds is 4. The highest BCUT2D eigenvalue weighted by Gasteiger charge is 2.10. The average Bonchev–Trinajstić information content (AvgIpc) is 2.62. The molecule has 1 aromatic heterocycles. The molecular weight excluding hydrogens is 270 g/mol. The van der Waals surface area contributed by atoms with Gasteiger partial charge in [-0.25, -0.2) is 4.98 Å². The van der Waals surface area contributed by atoms with Crippen LogP contribution in [0.5, 0.6) is 5.75 Å². The van der Waals surface area contributed by atoms with Gasteiger partial charge in [0.2, 0.25) is 0 Å². The van der Waals surface area contributed by atoms with Crippen molar-refractivity contribution in [3.05, 3.63) is 79.0 Å². The molecule has 3 rings (SSSR count). The summed E-state index contributed by atoms with van der Waals surface area (Å²) < 4.78 is 5.38.